The number of hydrogen-bond acceptors (Lipinski definition) is 4. The number of hydrogen-bond donors (Lipinski definition) is 2. The van der Waals surface area contributed by atoms with Crippen LogP contribution in [-0.4, -0.2) is 39.6 Å². The number of aromatic nitrogens is 2. The van der Waals surface area contributed by atoms with E-state index in [1.54, 1.807) is 6.20 Å². The van der Waals surface area contributed by atoms with Gasteiger partial charge in [-0.1, -0.05) is 6.07 Å². The van der Waals surface area contributed by atoms with E-state index in [0.717, 1.165) is 17.1 Å². The van der Waals surface area contributed by atoms with Gasteiger partial charge in [0.1, 0.15) is 0 Å². The quantitative estimate of drug-likeness (QED) is 0.611. The molecule has 2 atom stereocenters. The number of pyridine rings is 1. The molecule has 2 aromatic rings. The topological polar surface area (TPSA) is 70.2 Å². The molecular weight excluding hydrogens is 336 g/mol. The number of aromatic amines is 1. The van der Waals surface area contributed by atoms with Crippen LogP contribution in [0.2, 0.25) is 0 Å². The fraction of sp³-hybridized carbons (Fsp3) is 0.389. The molecule has 1 saturated heterocycles. The van der Waals surface area contributed by atoms with Gasteiger partial charge in [0.15, 0.2) is 5.11 Å². The Hall–Kier alpha value is -2.41. The van der Waals surface area contributed by atoms with Gasteiger partial charge in [-0.25, -0.2) is 0 Å². The summed E-state index contributed by atoms with van der Waals surface area (Å²) in [6.45, 7) is 2.70. The van der Waals surface area contributed by atoms with Crippen molar-refractivity contribution in [3.63, 3.8) is 0 Å². The summed E-state index contributed by atoms with van der Waals surface area (Å²) in [4.78, 5) is 21.4. The minimum Gasteiger partial charge on any atom is -0.469 e. The van der Waals surface area contributed by atoms with Gasteiger partial charge in [0.2, 0.25) is 0 Å². The molecule has 2 N–H and O–H groups in total. The first-order chi connectivity index (χ1) is 12.1. The molecule has 0 spiro atoms. The zero-order valence-corrected chi connectivity index (χ0v) is 15.2. The molecular formula is C18H22N4O2S. The molecule has 6 nitrogen and oxygen atoms in total. The molecule has 1 fully saturated rings. The lowest BCUT2D eigenvalue weighted by Gasteiger charge is -2.26. The van der Waals surface area contributed by atoms with Crippen LogP contribution in [0.25, 0.3) is 0 Å². The van der Waals surface area contributed by atoms with E-state index >= 15 is 0 Å². The first-order valence-corrected chi connectivity index (χ1v) is 8.71. The number of methoxy groups -OCH3 is 1. The number of aryl methyl sites for hydroxylation is 1. The fourth-order valence-electron chi connectivity index (χ4n) is 3.18. The number of esters is 1. The number of H-pyrrole nitrogens is 1. The van der Waals surface area contributed by atoms with Crippen LogP contribution >= 0.6 is 12.2 Å². The van der Waals surface area contributed by atoms with Gasteiger partial charge >= 0.3 is 5.97 Å². The van der Waals surface area contributed by atoms with Gasteiger partial charge in [0.25, 0.3) is 0 Å². The van der Waals surface area contributed by atoms with Crippen LogP contribution in [0, 0.1) is 6.92 Å². The maximum atomic E-state index is 11.4. The fourth-order valence-corrected chi connectivity index (χ4v) is 3.51. The smallest absolute Gasteiger partial charge is 0.305 e. The molecule has 3 rings (SSSR count). The summed E-state index contributed by atoms with van der Waals surface area (Å²) in [5.74, 6) is -0.202. The lowest BCUT2D eigenvalue weighted by molar-refractivity contribution is -0.140. The van der Waals surface area contributed by atoms with Crippen molar-refractivity contribution in [3.8, 4) is 0 Å². The Balaban J connectivity index is 1.85. The Labute approximate surface area is 152 Å². The van der Waals surface area contributed by atoms with E-state index in [1.165, 1.54) is 7.11 Å². The van der Waals surface area contributed by atoms with Gasteiger partial charge in [-0.05, 0) is 49.8 Å². The second-order valence-electron chi connectivity index (χ2n) is 6.10. The SMILES string of the molecule is COC(=O)CCCN1C(=S)NC(c2ccccn2)C1c1ccc(C)[nH]1. The van der Waals surface area contributed by atoms with Gasteiger partial charge < -0.3 is 19.9 Å². The van der Waals surface area contributed by atoms with Crippen LogP contribution in [0.3, 0.4) is 0 Å². The molecule has 2 aromatic heterocycles. The van der Waals surface area contributed by atoms with Gasteiger partial charge in [0.05, 0.1) is 24.9 Å². The highest BCUT2D eigenvalue weighted by Gasteiger charge is 2.40. The van der Waals surface area contributed by atoms with Crippen LogP contribution < -0.4 is 5.32 Å². The number of rotatable bonds is 6. The lowest BCUT2D eigenvalue weighted by Crippen LogP contribution is -2.31. The number of nitrogens with one attached hydrogen (secondary N) is 2. The second-order valence-corrected chi connectivity index (χ2v) is 6.48. The Morgan fingerprint density at radius 2 is 2.20 bits per heavy atom. The largest absolute Gasteiger partial charge is 0.469 e. The van der Waals surface area contributed by atoms with Crippen molar-refractivity contribution in [2.24, 2.45) is 0 Å². The van der Waals surface area contributed by atoms with Crippen LogP contribution in [0.4, 0.5) is 0 Å². The molecule has 0 aromatic carbocycles. The normalized spacial score (nSPS) is 19.8. The Morgan fingerprint density at radius 3 is 2.84 bits per heavy atom. The Bertz CT molecular complexity index is 747. The van der Waals surface area contributed by atoms with Crippen molar-refractivity contribution in [1.29, 1.82) is 0 Å². The minimum atomic E-state index is -0.202. The van der Waals surface area contributed by atoms with E-state index in [0.29, 0.717) is 24.5 Å². The van der Waals surface area contributed by atoms with Gasteiger partial charge in [0, 0.05) is 30.6 Å². The zero-order chi connectivity index (χ0) is 17.8. The van der Waals surface area contributed by atoms with Crippen LogP contribution in [-0.2, 0) is 9.53 Å². The monoisotopic (exact) mass is 358 g/mol. The lowest BCUT2D eigenvalue weighted by atomic mass is 10.0. The van der Waals surface area contributed by atoms with E-state index in [1.807, 2.05) is 25.1 Å². The first-order valence-electron chi connectivity index (χ1n) is 8.30. The van der Waals surface area contributed by atoms with Gasteiger partial charge in [-0.2, -0.15) is 0 Å². The highest BCUT2D eigenvalue weighted by atomic mass is 32.1. The highest BCUT2D eigenvalue weighted by Crippen LogP contribution is 2.38. The summed E-state index contributed by atoms with van der Waals surface area (Å²) in [5, 5.41) is 4.07. The third-order valence-corrected chi connectivity index (χ3v) is 4.73. The molecule has 1 aliphatic rings. The van der Waals surface area contributed by atoms with Crippen molar-refractivity contribution < 1.29 is 9.53 Å². The zero-order valence-electron chi connectivity index (χ0n) is 14.4. The number of carbonyl (C=O) groups is 1. The van der Waals surface area contributed by atoms with E-state index in [4.69, 9.17) is 17.0 Å². The summed E-state index contributed by atoms with van der Waals surface area (Å²) in [6, 6.07) is 9.99. The summed E-state index contributed by atoms with van der Waals surface area (Å²) < 4.78 is 4.72. The molecule has 0 aliphatic carbocycles. The summed E-state index contributed by atoms with van der Waals surface area (Å²) >= 11 is 5.57. The molecule has 0 saturated carbocycles. The van der Waals surface area contributed by atoms with Crippen LogP contribution in [0.1, 0.15) is 42.0 Å². The molecule has 0 radical (unpaired) electrons. The van der Waals surface area contributed by atoms with Crippen molar-refractivity contribution >= 4 is 23.3 Å². The molecule has 2 unspecified atom stereocenters. The predicted octanol–water partition coefficient (Wildman–Crippen LogP) is 2.64. The van der Waals surface area contributed by atoms with Crippen molar-refractivity contribution in [2.45, 2.75) is 31.8 Å². The average Bonchev–Trinajstić information content (AvgIpc) is 3.19. The molecule has 3 heterocycles. The van der Waals surface area contributed by atoms with Crippen LogP contribution in [0.15, 0.2) is 36.5 Å². The average molecular weight is 358 g/mol. The molecule has 7 heteroatoms. The summed E-state index contributed by atoms with van der Waals surface area (Å²) in [5.41, 5.74) is 3.12. The molecule has 25 heavy (non-hydrogen) atoms. The van der Waals surface area contributed by atoms with Crippen LogP contribution in [0.5, 0.6) is 0 Å². The van der Waals surface area contributed by atoms with Gasteiger partial charge in [-0.3, -0.25) is 9.78 Å². The first kappa shape index (κ1) is 17.4. The maximum Gasteiger partial charge on any atom is 0.305 e. The number of carbonyl (C=O) groups excluding carboxylic acids is 1. The van der Waals surface area contributed by atoms with Crippen molar-refractivity contribution in [3.05, 3.63) is 53.6 Å². The summed E-state index contributed by atoms with van der Waals surface area (Å²) in [7, 11) is 1.41. The number of thiocarbonyl (C=S) groups is 1. The number of nitrogens with zero attached hydrogens (tertiary/aromatic N) is 2. The third-order valence-electron chi connectivity index (χ3n) is 4.38. The van der Waals surface area contributed by atoms with E-state index < -0.39 is 0 Å². The molecule has 1 aliphatic heterocycles. The Kier molecular flexibility index (Phi) is 5.33. The van der Waals surface area contributed by atoms with E-state index in [2.05, 4.69) is 32.3 Å². The molecule has 0 bridgehead atoms. The Morgan fingerprint density at radius 1 is 1.36 bits per heavy atom. The minimum absolute atomic E-state index is 0.00810. The molecule has 0 amide bonds. The van der Waals surface area contributed by atoms with Crippen molar-refractivity contribution in [1.82, 2.24) is 20.2 Å². The second kappa shape index (κ2) is 7.65. The van der Waals surface area contributed by atoms with Gasteiger partial charge in [-0.15, -0.1) is 0 Å². The maximum absolute atomic E-state index is 11.4. The predicted molar refractivity (Wildman–Crippen MR) is 98.9 cm³/mol. The van der Waals surface area contributed by atoms with E-state index in [9.17, 15) is 4.79 Å². The van der Waals surface area contributed by atoms with Crippen molar-refractivity contribution in [2.75, 3.05) is 13.7 Å². The number of ether oxygens (including phenoxy) is 1. The standard InChI is InChI=1S/C18H22N4O2S/c1-12-8-9-14(20-12)17-16(13-6-3-4-10-19-13)21-18(25)22(17)11-5-7-15(23)24-2/h3-4,6,8-10,16-17,20H,5,7,11H2,1-2H3,(H,21,25). The van der Waals surface area contributed by atoms with E-state index in [-0.39, 0.29) is 18.1 Å². The third kappa shape index (κ3) is 3.82. The molecule has 132 valence electrons. The summed E-state index contributed by atoms with van der Waals surface area (Å²) in [6.07, 6.45) is 2.84. The highest BCUT2D eigenvalue weighted by molar-refractivity contribution is 7.80.